The van der Waals surface area contributed by atoms with Gasteiger partial charge in [-0.25, -0.2) is 0 Å². The van der Waals surface area contributed by atoms with Crippen molar-refractivity contribution < 1.29 is 5.11 Å². The van der Waals surface area contributed by atoms with E-state index in [0.29, 0.717) is 17.6 Å². The van der Waals surface area contributed by atoms with E-state index in [1.165, 1.54) is 25.9 Å². The van der Waals surface area contributed by atoms with Crippen molar-refractivity contribution in [2.45, 2.75) is 50.8 Å². The molecule has 1 unspecified atom stereocenters. The molecule has 1 aromatic rings. The van der Waals surface area contributed by atoms with Gasteiger partial charge in [-0.05, 0) is 50.3 Å². The number of aliphatic hydroxyl groups is 1. The van der Waals surface area contributed by atoms with Crippen LogP contribution in [-0.4, -0.2) is 54.2 Å². The van der Waals surface area contributed by atoms with Crippen LogP contribution in [0, 0.1) is 0 Å². The summed E-state index contributed by atoms with van der Waals surface area (Å²) in [7, 11) is 0. The van der Waals surface area contributed by atoms with Gasteiger partial charge in [-0.2, -0.15) is 0 Å². The second-order valence-electron chi connectivity index (χ2n) is 6.97. The molecule has 5 nitrogen and oxygen atoms in total. The van der Waals surface area contributed by atoms with Crippen LogP contribution in [0.5, 0.6) is 0 Å². The van der Waals surface area contributed by atoms with E-state index in [9.17, 15) is 5.11 Å². The molecule has 1 saturated carbocycles. The summed E-state index contributed by atoms with van der Waals surface area (Å²) in [6.45, 7) is 5.55. The van der Waals surface area contributed by atoms with Gasteiger partial charge in [-0.1, -0.05) is 23.7 Å². The Morgan fingerprint density at radius 1 is 1.24 bits per heavy atom. The van der Waals surface area contributed by atoms with Crippen LogP contribution in [0.25, 0.3) is 0 Å². The fourth-order valence-corrected chi connectivity index (χ4v) is 3.46. The van der Waals surface area contributed by atoms with Crippen LogP contribution in [0.1, 0.15) is 44.3 Å². The fourth-order valence-electron chi connectivity index (χ4n) is 3.33. The number of likely N-dealkylation sites (tertiary alicyclic amines) is 1. The van der Waals surface area contributed by atoms with Crippen LogP contribution in [0.2, 0.25) is 5.02 Å². The number of halogens is 1. The van der Waals surface area contributed by atoms with Crippen molar-refractivity contribution in [3.05, 3.63) is 34.9 Å². The van der Waals surface area contributed by atoms with Crippen LogP contribution in [-0.2, 0) is 0 Å². The van der Waals surface area contributed by atoms with Crippen LogP contribution in [0.4, 0.5) is 0 Å². The summed E-state index contributed by atoms with van der Waals surface area (Å²) in [6, 6.07) is 8.59. The maximum Gasteiger partial charge on any atom is 0.191 e. The van der Waals surface area contributed by atoms with E-state index in [1.807, 2.05) is 12.1 Å². The number of rotatable bonds is 6. The van der Waals surface area contributed by atoms with Crippen LogP contribution in [0.3, 0.4) is 0 Å². The van der Waals surface area contributed by atoms with E-state index in [1.54, 1.807) is 12.1 Å². The van der Waals surface area contributed by atoms with Crippen molar-refractivity contribution in [3.8, 4) is 0 Å². The van der Waals surface area contributed by atoms with Gasteiger partial charge in [0.25, 0.3) is 0 Å². The van der Waals surface area contributed by atoms with Gasteiger partial charge in [0.15, 0.2) is 5.96 Å². The fraction of sp³-hybridized carbons (Fsp3) is 0.632. The molecule has 0 amide bonds. The van der Waals surface area contributed by atoms with Crippen LogP contribution >= 0.6 is 11.6 Å². The lowest BCUT2D eigenvalue weighted by molar-refractivity contribution is 0.186. The van der Waals surface area contributed by atoms with Gasteiger partial charge in [0, 0.05) is 36.7 Å². The second kappa shape index (κ2) is 8.88. The van der Waals surface area contributed by atoms with E-state index < -0.39 is 6.10 Å². The lowest BCUT2D eigenvalue weighted by Crippen LogP contribution is -2.49. The zero-order valence-electron chi connectivity index (χ0n) is 14.9. The van der Waals surface area contributed by atoms with Crippen LogP contribution < -0.4 is 10.6 Å². The number of guanidine groups is 1. The summed E-state index contributed by atoms with van der Waals surface area (Å²) in [5, 5.41) is 17.8. The highest BCUT2D eigenvalue weighted by molar-refractivity contribution is 6.30. The third-order valence-corrected chi connectivity index (χ3v) is 5.21. The summed E-state index contributed by atoms with van der Waals surface area (Å²) in [5.41, 5.74) is 0.835. The number of hydrogen-bond acceptors (Lipinski definition) is 3. The van der Waals surface area contributed by atoms with Crippen molar-refractivity contribution in [1.29, 1.82) is 0 Å². The monoisotopic (exact) mass is 364 g/mol. The number of aliphatic hydroxyl groups excluding tert-OH is 1. The van der Waals surface area contributed by atoms with E-state index in [-0.39, 0.29) is 0 Å². The van der Waals surface area contributed by atoms with Gasteiger partial charge in [-0.3, -0.25) is 4.99 Å². The molecule has 138 valence electrons. The molecule has 2 fully saturated rings. The predicted molar refractivity (Wildman–Crippen MR) is 103 cm³/mol. The molecule has 0 aromatic heterocycles. The van der Waals surface area contributed by atoms with Gasteiger partial charge >= 0.3 is 0 Å². The van der Waals surface area contributed by atoms with Crippen molar-refractivity contribution in [2.24, 2.45) is 4.99 Å². The molecule has 1 heterocycles. The number of piperidine rings is 1. The van der Waals surface area contributed by atoms with Gasteiger partial charge in [-0.15, -0.1) is 0 Å². The smallest absolute Gasteiger partial charge is 0.191 e. The number of aliphatic imine (C=N–C) groups is 1. The second-order valence-corrected chi connectivity index (χ2v) is 7.41. The zero-order chi connectivity index (χ0) is 17.6. The molecule has 3 N–H and O–H groups in total. The molecule has 0 spiro atoms. The molecule has 1 aromatic carbocycles. The maximum absolute atomic E-state index is 10.3. The Labute approximate surface area is 155 Å². The molecule has 1 aliphatic carbocycles. The minimum absolute atomic E-state index is 0.331. The summed E-state index contributed by atoms with van der Waals surface area (Å²) < 4.78 is 0. The van der Waals surface area contributed by atoms with E-state index in [0.717, 1.165) is 37.0 Å². The lowest BCUT2D eigenvalue weighted by atomic mass is 10.1. The largest absolute Gasteiger partial charge is 0.386 e. The molecule has 6 heteroatoms. The third-order valence-electron chi connectivity index (χ3n) is 4.96. The molecular weight excluding hydrogens is 336 g/mol. The Morgan fingerprint density at radius 2 is 1.92 bits per heavy atom. The first-order valence-corrected chi connectivity index (χ1v) is 9.76. The Kier molecular flexibility index (Phi) is 6.57. The van der Waals surface area contributed by atoms with Crippen molar-refractivity contribution in [3.63, 3.8) is 0 Å². The van der Waals surface area contributed by atoms with E-state index in [4.69, 9.17) is 11.6 Å². The molecule has 3 rings (SSSR count). The maximum atomic E-state index is 10.3. The van der Waals surface area contributed by atoms with Crippen molar-refractivity contribution in [1.82, 2.24) is 15.5 Å². The van der Waals surface area contributed by atoms with E-state index >= 15 is 0 Å². The Morgan fingerprint density at radius 3 is 2.52 bits per heavy atom. The van der Waals surface area contributed by atoms with Crippen molar-refractivity contribution >= 4 is 17.6 Å². The first-order chi connectivity index (χ1) is 12.2. The Bertz CT molecular complexity index is 565. The van der Waals surface area contributed by atoms with Crippen LogP contribution in [0.15, 0.2) is 29.3 Å². The van der Waals surface area contributed by atoms with Gasteiger partial charge in [0.05, 0.1) is 12.6 Å². The summed E-state index contributed by atoms with van der Waals surface area (Å²) >= 11 is 5.89. The first kappa shape index (κ1) is 18.5. The minimum Gasteiger partial charge on any atom is -0.386 e. The number of hydrogen-bond donors (Lipinski definition) is 3. The van der Waals surface area contributed by atoms with Crippen molar-refractivity contribution in [2.75, 3.05) is 26.2 Å². The predicted octanol–water partition coefficient (Wildman–Crippen LogP) is 2.56. The molecule has 0 bridgehead atoms. The highest BCUT2D eigenvalue weighted by Crippen LogP contribution is 2.29. The topological polar surface area (TPSA) is 59.9 Å². The number of nitrogens with zero attached hydrogens (tertiary/aromatic N) is 2. The molecule has 25 heavy (non-hydrogen) atoms. The quantitative estimate of drug-likeness (QED) is 0.536. The zero-order valence-corrected chi connectivity index (χ0v) is 15.7. The molecule has 1 saturated heterocycles. The normalized spacial score (nSPS) is 21.2. The highest BCUT2D eigenvalue weighted by atomic mass is 35.5. The average Bonchev–Trinajstić information content (AvgIpc) is 3.46. The Hall–Kier alpha value is -1.30. The first-order valence-electron chi connectivity index (χ1n) is 9.38. The van der Waals surface area contributed by atoms with Gasteiger partial charge in [0.2, 0.25) is 0 Å². The molecule has 1 aliphatic heterocycles. The average molecular weight is 365 g/mol. The molecule has 1 atom stereocenters. The number of nitrogens with one attached hydrogen (secondary N) is 2. The molecule has 2 aliphatic rings. The lowest BCUT2D eigenvalue weighted by Gasteiger charge is -2.33. The van der Waals surface area contributed by atoms with Gasteiger partial charge in [0.1, 0.15) is 0 Å². The standard InChI is InChI=1S/C19H29ClN4O/c1-2-21-19(22-13-18(25)14-3-5-15(20)6-4-14)23-16-9-11-24(12-10-16)17-7-8-17/h3-6,16-18,25H,2,7-13H2,1H3,(H2,21,22,23). The molecular formula is C19H29ClN4O. The number of benzene rings is 1. The summed E-state index contributed by atoms with van der Waals surface area (Å²) in [6.07, 6.45) is 4.45. The summed E-state index contributed by atoms with van der Waals surface area (Å²) in [5.74, 6) is 0.792. The molecule has 0 radical (unpaired) electrons. The Balaban J connectivity index is 1.51. The highest BCUT2D eigenvalue weighted by Gasteiger charge is 2.31. The SMILES string of the molecule is CCNC(=NCC(O)c1ccc(Cl)cc1)NC1CCN(C2CC2)CC1. The summed E-state index contributed by atoms with van der Waals surface area (Å²) in [4.78, 5) is 7.19. The van der Waals surface area contributed by atoms with Gasteiger partial charge < -0.3 is 20.6 Å². The minimum atomic E-state index is -0.621. The van der Waals surface area contributed by atoms with E-state index in [2.05, 4.69) is 27.4 Å². The third kappa shape index (κ3) is 5.59.